The maximum absolute atomic E-state index is 4.08. The van der Waals surface area contributed by atoms with Crippen LogP contribution in [0.3, 0.4) is 0 Å². The maximum Gasteiger partial charge on any atom is 0.0153 e. The second-order valence-corrected chi connectivity index (χ2v) is 3.51. The van der Waals surface area contributed by atoms with Crippen LogP contribution in [0.2, 0.25) is 0 Å². The molecule has 1 rings (SSSR count). The van der Waals surface area contributed by atoms with Gasteiger partial charge in [0.15, 0.2) is 0 Å². The Bertz CT molecular complexity index is 85.2. The van der Waals surface area contributed by atoms with E-state index in [9.17, 15) is 0 Å². The molecule has 0 amide bonds. The predicted octanol–water partition coefficient (Wildman–Crippen LogP) is 1.69. The van der Waals surface area contributed by atoms with E-state index in [1.165, 1.54) is 25.9 Å². The summed E-state index contributed by atoms with van der Waals surface area (Å²) in [6.07, 6.45) is 2.72. The maximum atomic E-state index is 4.08. The second kappa shape index (κ2) is 2.30. The molecule has 0 aromatic carbocycles. The summed E-state index contributed by atoms with van der Waals surface area (Å²) in [7, 11) is 0. The predicted molar refractivity (Wildman–Crippen MR) is 40.2 cm³/mol. The topological polar surface area (TPSA) is 3.24 Å². The number of rotatable bonds is 1. The van der Waals surface area contributed by atoms with Crippen LogP contribution < -0.4 is 0 Å². The Labute approximate surface area is 58.0 Å². The first kappa shape index (κ1) is 7.07. The first-order valence-corrected chi connectivity index (χ1v) is 3.71. The van der Waals surface area contributed by atoms with Crippen molar-refractivity contribution in [1.29, 1.82) is 0 Å². The summed E-state index contributed by atoms with van der Waals surface area (Å²) >= 11 is 0. The number of hydrogen-bond acceptors (Lipinski definition) is 1. The lowest BCUT2D eigenvalue weighted by Crippen LogP contribution is -2.39. The minimum absolute atomic E-state index is 0.163. The molecule has 1 nitrogen and oxygen atoms in total. The van der Waals surface area contributed by atoms with Crippen molar-refractivity contribution in [1.82, 2.24) is 4.90 Å². The third kappa shape index (κ3) is 1.68. The Morgan fingerprint density at radius 2 is 1.67 bits per heavy atom. The van der Waals surface area contributed by atoms with Gasteiger partial charge < -0.3 is 0 Å². The summed E-state index contributed by atoms with van der Waals surface area (Å²) < 4.78 is 0. The highest BCUT2D eigenvalue weighted by atomic mass is 15.2. The fourth-order valence-electron chi connectivity index (χ4n) is 1.32. The van der Waals surface area contributed by atoms with Gasteiger partial charge >= 0.3 is 0 Å². The standard InChI is InChI=1S/C8H16N/c1-8(2,3)9-6-4-5-7-9/h1,4-7H2,2-3H3. The fraction of sp³-hybridized carbons (Fsp3) is 0.875. The van der Waals surface area contributed by atoms with E-state index in [-0.39, 0.29) is 5.54 Å². The summed E-state index contributed by atoms with van der Waals surface area (Å²) in [4.78, 5) is 2.44. The van der Waals surface area contributed by atoms with Crippen molar-refractivity contribution in [3.8, 4) is 0 Å². The van der Waals surface area contributed by atoms with Gasteiger partial charge in [-0.05, 0) is 46.7 Å². The Balaban J connectivity index is 2.42. The average Bonchev–Trinajstić information content (AvgIpc) is 2.08. The number of hydrogen-bond donors (Lipinski definition) is 0. The molecule has 0 bridgehead atoms. The quantitative estimate of drug-likeness (QED) is 0.517. The molecule has 53 valence electrons. The molecule has 0 aromatic rings. The zero-order valence-corrected chi connectivity index (χ0v) is 6.48. The molecule has 0 aromatic heterocycles. The van der Waals surface area contributed by atoms with Gasteiger partial charge in [-0.1, -0.05) is 0 Å². The summed E-state index contributed by atoms with van der Waals surface area (Å²) in [5, 5.41) is 0. The van der Waals surface area contributed by atoms with Crippen molar-refractivity contribution in [2.24, 2.45) is 0 Å². The molecule has 1 heterocycles. The Hall–Kier alpha value is -0.0400. The van der Waals surface area contributed by atoms with Gasteiger partial charge in [-0.25, -0.2) is 0 Å². The smallest absolute Gasteiger partial charge is 0.0153 e. The van der Waals surface area contributed by atoms with Gasteiger partial charge in [-0.2, -0.15) is 0 Å². The lowest BCUT2D eigenvalue weighted by Gasteiger charge is -2.30. The summed E-state index contributed by atoms with van der Waals surface area (Å²) in [6.45, 7) is 10.9. The van der Waals surface area contributed by atoms with Crippen LogP contribution >= 0.6 is 0 Å². The van der Waals surface area contributed by atoms with E-state index in [2.05, 4.69) is 25.7 Å². The SMILES string of the molecule is [CH2]C(C)(C)N1CCCC1. The highest BCUT2D eigenvalue weighted by Crippen LogP contribution is 2.18. The molecular weight excluding hydrogens is 110 g/mol. The molecule has 1 saturated heterocycles. The minimum atomic E-state index is 0.163. The molecule has 1 aliphatic rings. The van der Waals surface area contributed by atoms with Crippen LogP contribution in [0.25, 0.3) is 0 Å². The van der Waals surface area contributed by atoms with Crippen molar-refractivity contribution in [2.45, 2.75) is 32.2 Å². The van der Waals surface area contributed by atoms with Crippen molar-refractivity contribution < 1.29 is 0 Å². The van der Waals surface area contributed by atoms with E-state index >= 15 is 0 Å². The molecule has 0 aliphatic carbocycles. The first-order valence-electron chi connectivity index (χ1n) is 3.71. The van der Waals surface area contributed by atoms with Crippen LogP contribution in [0.5, 0.6) is 0 Å². The van der Waals surface area contributed by atoms with Gasteiger partial charge in [-0.15, -0.1) is 0 Å². The zero-order chi connectivity index (χ0) is 6.91. The molecule has 9 heavy (non-hydrogen) atoms. The van der Waals surface area contributed by atoms with Crippen molar-refractivity contribution in [2.75, 3.05) is 13.1 Å². The molecule has 0 unspecified atom stereocenters. The van der Waals surface area contributed by atoms with Gasteiger partial charge in [0.05, 0.1) is 0 Å². The van der Waals surface area contributed by atoms with Crippen LogP contribution in [0.4, 0.5) is 0 Å². The molecule has 0 spiro atoms. The summed E-state index contributed by atoms with van der Waals surface area (Å²) in [5.41, 5.74) is 0.163. The molecule has 0 atom stereocenters. The fourth-order valence-corrected chi connectivity index (χ4v) is 1.32. The van der Waals surface area contributed by atoms with E-state index in [4.69, 9.17) is 0 Å². The molecule has 1 radical (unpaired) electrons. The highest BCUT2D eigenvalue weighted by molar-refractivity contribution is 4.86. The number of likely N-dealkylation sites (tertiary alicyclic amines) is 1. The van der Waals surface area contributed by atoms with Crippen LogP contribution in [0, 0.1) is 6.92 Å². The van der Waals surface area contributed by atoms with Gasteiger partial charge in [0, 0.05) is 5.54 Å². The van der Waals surface area contributed by atoms with E-state index in [0.29, 0.717) is 0 Å². The zero-order valence-electron chi connectivity index (χ0n) is 6.48. The normalized spacial score (nSPS) is 23.0. The average molecular weight is 126 g/mol. The van der Waals surface area contributed by atoms with Crippen LogP contribution in [-0.2, 0) is 0 Å². The molecule has 1 aliphatic heterocycles. The lowest BCUT2D eigenvalue weighted by atomic mass is 10.1. The molecule has 0 saturated carbocycles. The minimum Gasteiger partial charge on any atom is -0.298 e. The van der Waals surface area contributed by atoms with Gasteiger partial charge in [0.1, 0.15) is 0 Å². The third-order valence-corrected chi connectivity index (χ3v) is 1.96. The molecular formula is C8H16N. The Morgan fingerprint density at radius 1 is 1.22 bits per heavy atom. The highest BCUT2D eigenvalue weighted by Gasteiger charge is 2.23. The third-order valence-electron chi connectivity index (χ3n) is 1.96. The van der Waals surface area contributed by atoms with Gasteiger partial charge in [0.2, 0.25) is 0 Å². The summed E-state index contributed by atoms with van der Waals surface area (Å²) in [5.74, 6) is 0. The van der Waals surface area contributed by atoms with Crippen molar-refractivity contribution >= 4 is 0 Å². The van der Waals surface area contributed by atoms with Crippen molar-refractivity contribution in [3.05, 3.63) is 6.92 Å². The van der Waals surface area contributed by atoms with Gasteiger partial charge in [-0.3, -0.25) is 4.90 Å². The first-order chi connectivity index (χ1) is 4.11. The monoisotopic (exact) mass is 126 g/mol. The Kier molecular flexibility index (Phi) is 1.80. The molecule has 1 heteroatoms. The van der Waals surface area contributed by atoms with E-state index in [1.807, 2.05) is 0 Å². The Morgan fingerprint density at radius 3 is 1.89 bits per heavy atom. The van der Waals surface area contributed by atoms with E-state index in [0.717, 1.165) is 0 Å². The van der Waals surface area contributed by atoms with E-state index in [1.54, 1.807) is 0 Å². The second-order valence-electron chi connectivity index (χ2n) is 3.51. The van der Waals surface area contributed by atoms with E-state index < -0.39 is 0 Å². The van der Waals surface area contributed by atoms with Crippen LogP contribution in [0.1, 0.15) is 26.7 Å². The molecule has 1 fully saturated rings. The summed E-state index contributed by atoms with van der Waals surface area (Å²) in [6, 6.07) is 0. The lowest BCUT2D eigenvalue weighted by molar-refractivity contribution is 0.201. The van der Waals surface area contributed by atoms with Gasteiger partial charge in [0.25, 0.3) is 0 Å². The van der Waals surface area contributed by atoms with Crippen LogP contribution in [-0.4, -0.2) is 23.5 Å². The molecule has 0 N–H and O–H groups in total. The largest absolute Gasteiger partial charge is 0.298 e. The van der Waals surface area contributed by atoms with Crippen LogP contribution in [0.15, 0.2) is 0 Å². The number of nitrogens with zero attached hydrogens (tertiary/aromatic N) is 1. The van der Waals surface area contributed by atoms with Crippen molar-refractivity contribution in [3.63, 3.8) is 0 Å².